The van der Waals surface area contributed by atoms with Crippen LogP contribution in [-0.2, 0) is 25.8 Å². The molecule has 0 spiro atoms. The Labute approximate surface area is 132 Å². The summed E-state index contributed by atoms with van der Waals surface area (Å²) in [6.07, 6.45) is 22.0. The van der Waals surface area contributed by atoms with Crippen LogP contribution in [0.1, 0.15) is 26.7 Å². The van der Waals surface area contributed by atoms with E-state index >= 15 is 0 Å². The first-order valence-corrected chi connectivity index (χ1v) is 4.59. The van der Waals surface area contributed by atoms with E-state index in [-0.39, 0.29) is 50.7 Å². The summed E-state index contributed by atoms with van der Waals surface area (Å²) < 4.78 is 0. The van der Waals surface area contributed by atoms with Gasteiger partial charge in [-0.15, -0.1) is 37.7 Å². The zero-order valence-corrected chi connectivity index (χ0v) is 15.0. The molecule has 0 atom stereocenters. The fourth-order valence-electron chi connectivity index (χ4n) is 0.680. The molecule has 2 aliphatic carbocycles. The molecule has 0 saturated heterocycles. The summed E-state index contributed by atoms with van der Waals surface area (Å²) in [7, 11) is 0. The van der Waals surface area contributed by atoms with Gasteiger partial charge in [0.2, 0.25) is 0 Å². The number of hydrogen-bond acceptors (Lipinski definition) is 0. The van der Waals surface area contributed by atoms with E-state index in [4.69, 9.17) is 0 Å². The molecule has 0 saturated carbocycles. The second-order valence-corrected chi connectivity index (χ2v) is 2.58. The Kier molecular flexibility index (Phi) is 38.9. The fraction of sp³-hybridized carbons (Fsp3) is 0.308. The van der Waals surface area contributed by atoms with Crippen LogP contribution in [-0.4, -0.2) is 0 Å². The van der Waals surface area contributed by atoms with Crippen molar-refractivity contribution in [1.29, 1.82) is 0 Å². The van der Waals surface area contributed by atoms with Crippen molar-refractivity contribution in [1.82, 2.24) is 0 Å². The molecule has 0 radical (unpaired) electrons. The first kappa shape index (κ1) is 25.3. The van der Waals surface area contributed by atoms with Crippen molar-refractivity contribution in [2.45, 2.75) is 26.7 Å². The summed E-state index contributed by atoms with van der Waals surface area (Å²) >= 11 is 0. The third-order valence-electron chi connectivity index (χ3n) is 1.17. The van der Waals surface area contributed by atoms with Gasteiger partial charge in [0.25, 0.3) is 0 Å². The van der Waals surface area contributed by atoms with Crippen molar-refractivity contribution in [3.8, 4) is 0 Å². The molecule has 0 aliphatic heterocycles. The van der Waals surface area contributed by atoms with E-state index < -0.39 is 0 Å². The molecule has 0 heterocycles. The van der Waals surface area contributed by atoms with E-state index in [1.807, 2.05) is 44.6 Å². The van der Waals surface area contributed by atoms with Crippen molar-refractivity contribution in [3.05, 3.63) is 55.0 Å². The maximum absolute atomic E-state index is 2.99. The van der Waals surface area contributed by atoms with Gasteiger partial charge in [0.1, 0.15) is 0 Å². The van der Waals surface area contributed by atoms with Crippen LogP contribution in [0.15, 0.2) is 36.5 Å². The van der Waals surface area contributed by atoms with Gasteiger partial charge in [0.05, 0.1) is 0 Å². The largest absolute Gasteiger partial charge is 0.335 e. The summed E-state index contributed by atoms with van der Waals surface area (Å²) in [5.41, 5.74) is 0. The van der Waals surface area contributed by atoms with Crippen LogP contribution in [0, 0.1) is 18.6 Å². The van der Waals surface area contributed by atoms with Crippen molar-refractivity contribution in [2.24, 2.45) is 0 Å². The van der Waals surface area contributed by atoms with Gasteiger partial charge < -0.3 is 6.42 Å². The minimum absolute atomic E-state index is 0. The number of rotatable bonds is 0. The quantitative estimate of drug-likeness (QED) is 0.391. The molecule has 2 rings (SSSR count). The van der Waals surface area contributed by atoms with E-state index in [1.165, 1.54) is 0 Å². The molecule has 0 unspecified atom stereocenters. The van der Waals surface area contributed by atoms with Crippen LogP contribution < -0.4 is 0 Å². The number of halogens is 2. The summed E-state index contributed by atoms with van der Waals surface area (Å²) in [6, 6.07) is 0. The molecule has 0 amide bonds. The van der Waals surface area contributed by atoms with Gasteiger partial charge >= 0.3 is 0 Å². The Morgan fingerprint density at radius 2 is 1.19 bits per heavy atom. The Morgan fingerprint density at radius 3 is 1.25 bits per heavy atom. The van der Waals surface area contributed by atoms with Crippen LogP contribution in [0.25, 0.3) is 0 Å². The predicted octanol–water partition coefficient (Wildman–Crippen LogP) is 4.68. The predicted molar refractivity (Wildman–Crippen MR) is 73.3 cm³/mol. The van der Waals surface area contributed by atoms with Gasteiger partial charge in [0, 0.05) is 25.8 Å². The average molecular weight is 425 g/mol. The third-order valence-corrected chi connectivity index (χ3v) is 1.17. The molecule has 0 aromatic rings. The Balaban J connectivity index is -0.0000000638. The van der Waals surface area contributed by atoms with Crippen LogP contribution in [0.4, 0.5) is 0 Å². The van der Waals surface area contributed by atoms with Gasteiger partial charge in [-0.2, -0.15) is 26.0 Å². The van der Waals surface area contributed by atoms with E-state index in [9.17, 15) is 0 Å². The topological polar surface area (TPSA) is 0 Å². The Hall–Kier alpha value is 0.410. The zero-order chi connectivity index (χ0) is 9.78. The first-order chi connectivity index (χ1) is 6.41. The SMILES string of the molecule is C[CH-]C.Cl.Cl.[C-]1=CC=CC1.[C-]1=CC=CC1.[Hf]. The molecule has 2 aliphatic rings. The van der Waals surface area contributed by atoms with E-state index in [0.29, 0.717) is 0 Å². The molecule has 0 bridgehead atoms. The molecule has 0 aromatic carbocycles. The molecule has 0 fully saturated rings. The summed E-state index contributed by atoms with van der Waals surface area (Å²) in [4.78, 5) is 0. The summed E-state index contributed by atoms with van der Waals surface area (Å²) in [6.45, 7) is 4.00. The fourth-order valence-corrected chi connectivity index (χ4v) is 0.680. The molecule has 0 N–H and O–H groups in total. The standard InChI is InChI=1S/2C5H5.C3H7.2ClH.Hf/c2*1-2-4-5-3-1;1-3-2;;;/h2*1-3H,4H2;3H,1-2H3;2*1H;/q3*-1;;;. The monoisotopic (exact) mass is 425 g/mol. The van der Waals surface area contributed by atoms with Gasteiger partial charge in [0.15, 0.2) is 0 Å². The number of allylic oxidation sites excluding steroid dienone is 8. The van der Waals surface area contributed by atoms with Gasteiger partial charge in [-0.25, -0.2) is 24.3 Å². The van der Waals surface area contributed by atoms with Crippen LogP contribution in [0.2, 0.25) is 0 Å². The maximum Gasteiger partial charge on any atom is 0 e. The van der Waals surface area contributed by atoms with Gasteiger partial charge in [-0.05, 0) is 0 Å². The van der Waals surface area contributed by atoms with Crippen LogP contribution in [0.3, 0.4) is 0 Å². The molecule has 3 heteroatoms. The van der Waals surface area contributed by atoms with E-state index in [0.717, 1.165) is 12.8 Å². The van der Waals surface area contributed by atoms with Gasteiger partial charge in [-0.1, -0.05) is 0 Å². The second-order valence-electron chi connectivity index (χ2n) is 2.58. The van der Waals surface area contributed by atoms with E-state index in [2.05, 4.69) is 24.3 Å². The summed E-state index contributed by atoms with van der Waals surface area (Å²) in [5, 5.41) is 0. The summed E-state index contributed by atoms with van der Waals surface area (Å²) in [5.74, 6) is 0. The average Bonchev–Trinajstić information content (AvgIpc) is 2.85. The zero-order valence-electron chi connectivity index (χ0n) is 9.77. The molecule has 16 heavy (non-hydrogen) atoms. The maximum atomic E-state index is 2.99. The van der Waals surface area contributed by atoms with Crippen LogP contribution >= 0.6 is 24.8 Å². The third kappa shape index (κ3) is 23.9. The van der Waals surface area contributed by atoms with Crippen molar-refractivity contribution in [2.75, 3.05) is 0 Å². The Morgan fingerprint density at radius 1 is 0.875 bits per heavy atom. The molecular formula is C13H19Cl2Hf-3. The molecular weight excluding hydrogens is 406 g/mol. The van der Waals surface area contributed by atoms with Crippen molar-refractivity contribution in [3.63, 3.8) is 0 Å². The molecule has 0 nitrogen and oxygen atoms in total. The van der Waals surface area contributed by atoms with Gasteiger partial charge in [-0.3, -0.25) is 12.2 Å². The molecule has 0 aromatic heterocycles. The number of hydrogen-bond donors (Lipinski definition) is 0. The minimum atomic E-state index is 0. The van der Waals surface area contributed by atoms with Crippen molar-refractivity contribution >= 4 is 24.8 Å². The first-order valence-electron chi connectivity index (χ1n) is 4.59. The molecule has 92 valence electrons. The Bertz CT molecular complexity index is 164. The van der Waals surface area contributed by atoms with Crippen LogP contribution in [0.5, 0.6) is 0 Å². The second kappa shape index (κ2) is 24.6. The van der Waals surface area contributed by atoms with E-state index in [1.54, 1.807) is 0 Å². The normalized spacial score (nSPS) is 12.1. The minimum Gasteiger partial charge on any atom is -0.335 e. The smallest absolute Gasteiger partial charge is 0 e. The van der Waals surface area contributed by atoms with Crippen molar-refractivity contribution < 1.29 is 25.8 Å².